The number of rotatable bonds is 7. The lowest BCUT2D eigenvalue weighted by Gasteiger charge is -2.26. The van der Waals surface area contributed by atoms with Gasteiger partial charge in [0.25, 0.3) is 0 Å². The molecule has 0 amide bonds. The number of hydrogen-bond donors (Lipinski definition) is 0. The lowest BCUT2D eigenvalue weighted by atomic mass is 10.1. The van der Waals surface area contributed by atoms with Crippen molar-refractivity contribution in [3.63, 3.8) is 0 Å². The predicted molar refractivity (Wildman–Crippen MR) is 119 cm³/mol. The number of ether oxygens (including phenoxy) is 2. The van der Waals surface area contributed by atoms with Crippen LogP contribution in [0.5, 0.6) is 5.75 Å². The molecular weight excluding hydrogens is 360 g/mol. The molecule has 2 aromatic carbocycles. The first-order valence-electron chi connectivity index (χ1n) is 9.91. The first kappa shape index (κ1) is 20.5. The van der Waals surface area contributed by atoms with E-state index in [1.807, 2.05) is 49.4 Å². The van der Waals surface area contributed by atoms with E-state index in [1.54, 1.807) is 12.1 Å². The number of methoxy groups -OCH3 is 1. The Labute approximate surface area is 173 Å². The zero-order valence-corrected chi connectivity index (χ0v) is 17.4. The Morgan fingerprint density at radius 2 is 1.90 bits per heavy atom. The van der Waals surface area contributed by atoms with Gasteiger partial charge in [0, 0.05) is 11.6 Å². The van der Waals surface area contributed by atoms with Crippen LogP contribution < -0.4 is 4.74 Å². The average molecular weight is 389 g/mol. The summed E-state index contributed by atoms with van der Waals surface area (Å²) >= 11 is 0. The van der Waals surface area contributed by atoms with E-state index in [-0.39, 0.29) is 0 Å². The summed E-state index contributed by atoms with van der Waals surface area (Å²) in [5.41, 5.74) is 5.17. The Kier molecular flexibility index (Phi) is 6.90. The molecule has 0 saturated carbocycles. The van der Waals surface area contributed by atoms with Gasteiger partial charge in [-0.1, -0.05) is 62.4 Å². The van der Waals surface area contributed by atoms with Crippen LogP contribution in [0.4, 0.5) is 0 Å². The Bertz CT molecular complexity index is 957. The fourth-order valence-electron chi connectivity index (χ4n) is 3.23. The third kappa shape index (κ3) is 5.17. The first-order chi connectivity index (χ1) is 14.1. The Morgan fingerprint density at radius 3 is 2.66 bits per heavy atom. The van der Waals surface area contributed by atoms with Crippen LogP contribution in [0.15, 0.2) is 84.1 Å². The van der Waals surface area contributed by atoms with Gasteiger partial charge in [-0.2, -0.15) is 0 Å². The number of allylic oxidation sites excluding steroid dienone is 2. The van der Waals surface area contributed by atoms with Crippen LogP contribution in [-0.4, -0.2) is 18.0 Å². The maximum Gasteiger partial charge on any atom is 0.232 e. The molecule has 0 radical (unpaired) electrons. The van der Waals surface area contributed by atoms with Crippen LogP contribution in [0.2, 0.25) is 0 Å². The molecule has 0 aromatic heterocycles. The van der Waals surface area contributed by atoms with Crippen LogP contribution in [0.3, 0.4) is 0 Å². The van der Waals surface area contributed by atoms with E-state index in [9.17, 15) is 0 Å². The lowest BCUT2D eigenvalue weighted by Crippen LogP contribution is -2.20. The van der Waals surface area contributed by atoms with E-state index >= 15 is 0 Å². The highest BCUT2D eigenvalue weighted by Gasteiger charge is 2.18. The molecule has 150 valence electrons. The van der Waals surface area contributed by atoms with Crippen LogP contribution in [0, 0.1) is 0 Å². The minimum atomic E-state index is 0.478. The number of nitrogens with zero attached hydrogens (tertiary/aromatic N) is 2. The molecule has 3 rings (SSSR count). The van der Waals surface area contributed by atoms with Gasteiger partial charge in [0.1, 0.15) is 12.4 Å². The first-order valence-corrected chi connectivity index (χ1v) is 9.91. The molecule has 1 aliphatic heterocycles. The van der Waals surface area contributed by atoms with E-state index in [0.717, 1.165) is 41.1 Å². The second kappa shape index (κ2) is 9.78. The summed E-state index contributed by atoms with van der Waals surface area (Å²) in [6.07, 6.45) is 7.99. The second-order valence-corrected chi connectivity index (χ2v) is 6.84. The number of aryl methyl sites for hydroxylation is 1. The van der Waals surface area contributed by atoms with E-state index in [0.29, 0.717) is 12.5 Å². The normalized spacial score (nSPS) is 14.0. The fraction of sp³-hybridized carbons (Fsp3) is 0.240. The molecule has 4 heteroatoms. The van der Waals surface area contributed by atoms with Crippen molar-refractivity contribution < 1.29 is 9.47 Å². The minimum Gasteiger partial charge on any atom is -0.497 e. The monoisotopic (exact) mass is 388 g/mol. The van der Waals surface area contributed by atoms with Crippen LogP contribution >= 0.6 is 0 Å². The molecule has 4 nitrogen and oxygen atoms in total. The fourth-order valence-corrected chi connectivity index (χ4v) is 3.23. The van der Waals surface area contributed by atoms with E-state index in [4.69, 9.17) is 9.47 Å². The standard InChI is InChI=1S/C25H28N2O2/c1-5-9-20-10-7-11-21(16-20)18-29-25-15-14-19(3)27(26-25)24(6-2)22-12-8-13-23(17-22)28-4/h6-8,10-17H,3,5,9,18H2,1-2,4H3/b24-6-. The third-order valence-electron chi connectivity index (χ3n) is 4.67. The SMILES string of the molecule is C=C1C=CC(OCc2cccc(CCC)c2)=NN1/C(=C\C)c1cccc(OC)c1. The minimum absolute atomic E-state index is 0.478. The molecular formula is C25H28N2O2. The highest BCUT2D eigenvalue weighted by atomic mass is 16.5. The highest BCUT2D eigenvalue weighted by molar-refractivity contribution is 5.90. The molecule has 0 atom stereocenters. The molecule has 0 N–H and O–H groups in total. The van der Waals surface area contributed by atoms with Crippen molar-refractivity contribution in [3.8, 4) is 5.75 Å². The zero-order valence-electron chi connectivity index (χ0n) is 17.4. The van der Waals surface area contributed by atoms with Gasteiger partial charge in [0.2, 0.25) is 5.90 Å². The van der Waals surface area contributed by atoms with Crippen molar-refractivity contribution in [2.45, 2.75) is 33.3 Å². The Morgan fingerprint density at radius 1 is 1.10 bits per heavy atom. The van der Waals surface area contributed by atoms with Gasteiger partial charge >= 0.3 is 0 Å². The van der Waals surface area contributed by atoms with Gasteiger partial charge in [-0.15, -0.1) is 5.10 Å². The molecule has 2 aromatic rings. The zero-order chi connectivity index (χ0) is 20.6. The summed E-state index contributed by atoms with van der Waals surface area (Å²) in [6.45, 7) is 8.77. The van der Waals surface area contributed by atoms with Crippen molar-refractivity contribution in [1.82, 2.24) is 5.01 Å². The van der Waals surface area contributed by atoms with Gasteiger partial charge in [0.05, 0.1) is 18.5 Å². The van der Waals surface area contributed by atoms with Gasteiger partial charge in [-0.3, -0.25) is 0 Å². The van der Waals surface area contributed by atoms with E-state index < -0.39 is 0 Å². The number of hydrogen-bond acceptors (Lipinski definition) is 4. The predicted octanol–water partition coefficient (Wildman–Crippen LogP) is 5.92. The third-order valence-corrected chi connectivity index (χ3v) is 4.67. The largest absolute Gasteiger partial charge is 0.497 e. The molecule has 0 aliphatic carbocycles. The second-order valence-electron chi connectivity index (χ2n) is 6.84. The lowest BCUT2D eigenvalue weighted by molar-refractivity contribution is 0.284. The van der Waals surface area contributed by atoms with Gasteiger partial charge < -0.3 is 9.47 Å². The van der Waals surface area contributed by atoms with Crippen molar-refractivity contribution in [3.05, 3.63) is 95.7 Å². The molecule has 0 bridgehead atoms. The maximum atomic E-state index is 5.98. The summed E-state index contributed by atoms with van der Waals surface area (Å²) in [5.74, 6) is 1.35. The van der Waals surface area contributed by atoms with Crippen LogP contribution in [0.1, 0.15) is 37.0 Å². The molecule has 1 heterocycles. The summed E-state index contributed by atoms with van der Waals surface area (Å²) in [7, 11) is 1.66. The Hall–Kier alpha value is -3.27. The van der Waals surface area contributed by atoms with Gasteiger partial charge in [0.15, 0.2) is 0 Å². The topological polar surface area (TPSA) is 34.1 Å². The summed E-state index contributed by atoms with van der Waals surface area (Å²) < 4.78 is 11.3. The number of benzene rings is 2. The van der Waals surface area contributed by atoms with E-state index in [2.05, 4.69) is 42.9 Å². The smallest absolute Gasteiger partial charge is 0.232 e. The van der Waals surface area contributed by atoms with Crippen LogP contribution in [0.25, 0.3) is 5.70 Å². The summed E-state index contributed by atoms with van der Waals surface area (Å²) in [4.78, 5) is 0. The van der Waals surface area contributed by atoms with Crippen molar-refractivity contribution >= 4 is 11.6 Å². The van der Waals surface area contributed by atoms with E-state index in [1.165, 1.54) is 5.56 Å². The molecule has 0 unspecified atom stereocenters. The quantitative estimate of drug-likeness (QED) is 0.590. The number of hydrazone groups is 1. The van der Waals surface area contributed by atoms with Crippen LogP contribution in [-0.2, 0) is 17.8 Å². The van der Waals surface area contributed by atoms with Crippen molar-refractivity contribution in [1.29, 1.82) is 0 Å². The Balaban J connectivity index is 1.77. The molecule has 0 saturated heterocycles. The maximum absolute atomic E-state index is 5.98. The van der Waals surface area contributed by atoms with Gasteiger partial charge in [-0.05, 0) is 42.7 Å². The molecule has 0 spiro atoms. The molecule has 29 heavy (non-hydrogen) atoms. The van der Waals surface area contributed by atoms with Crippen molar-refractivity contribution in [2.75, 3.05) is 7.11 Å². The summed E-state index contributed by atoms with van der Waals surface area (Å²) in [6, 6.07) is 16.4. The van der Waals surface area contributed by atoms with Gasteiger partial charge in [-0.25, -0.2) is 5.01 Å². The highest BCUT2D eigenvalue weighted by Crippen LogP contribution is 2.28. The summed E-state index contributed by atoms with van der Waals surface area (Å²) in [5, 5.41) is 6.48. The average Bonchev–Trinajstić information content (AvgIpc) is 2.75. The molecule has 0 fully saturated rings. The van der Waals surface area contributed by atoms with Crippen molar-refractivity contribution in [2.24, 2.45) is 5.10 Å². The molecule has 1 aliphatic rings.